The predicted molar refractivity (Wildman–Crippen MR) is 61.5 cm³/mol. The van der Waals surface area contributed by atoms with Crippen LogP contribution in [0.25, 0.3) is 0 Å². The number of rotatable bonds is 8. The molecule has 0 heterocycles. The van der Waals surface area contributed by atoms with Crippen LogP contribution >= 0.6 is 0 Å². The standard InChI is InChI=1S/C12H22O3/c1-9(2)7-13-11(5)15-12(6)14-8-10(3)4/h11-12H,1,3,7-8H2,2,4-6H3. The first kappa shape index (κ1) is 14.4. The van der Waals surface area contributed by atoms with E-state index in [0.717, 1.165) is 11.1 Å². The van der Waals surface area contributed by atoms with Crippen molar-refractivity contribution in [1.82, 2.24) is 0 Å². The van der Waals surface area contributed by atoms with Gasteiger partial charge in [0.15, 0.2) is 12.6 Å². The molecule has 0 rings (SSSR count). The Morgan fingerprint density at radius 1 is 0.933 bits per heavy atom. The SMILES string of the molecule is C=C(C)COC(C)OC(C)OCC(=C)C. The molecule has 0 aliphatic carbocycles. The van der Waals surface area contributed by atoms with E-state index in [-0.39, 0.29) is 12.6 Å². The van der Waals surface area contributed by atoms with Gasteiger partial charge in [0.2, 0.25) is 0 Å². The summed E-state index contributed by atoms with van der Waals surface area (Å²) in [6.45, 7) is 16.0. The van der Waals surface area contributed by atoms with E-state index < -0.39 is 0 Å². The third kappa shape index (κ3) is 9.66. The van der Waals surface area contributed by atoms with E-state index in [0.29, 0.717) is 13.2 Å². The minimum Gasteiger partial charge on any atom is -0.349 e. The minimum atomic E-state index is -0.290. The fourth-order valence-corrected chi connectivity index (χ4v) is 0.868. The summed E-state index contributed by atoms with van der Waals surface area (Å²) in [4.78, 5) is 0. The van der Waals surface area contributed by atoms with E-state index in [1.165, 1.54) is 0 Å². The van der Waals surface area contributed by atoms with E-state index in [9.17, 15) is 0 Å². The zero-order chi connectivity index (χ0) is 11.8. The number of hydrogen-bond acceptors (Lipinski definition) is 3. The van der Waals surface area contributed by atoms with Gasteiger partial charge in [0.25, 0.3) is 0 Å². The summed E-state index contributed by atoms with van der Waals surface area (Å²) in [5.41, 5.74) is 1.95. The van der Waals surface area contributed by atoms with E-state index in [4.69, 9.17) is 14.2 Å². The summed E-state index contributed by atoms with van der Waals surface area (Å²) in [5.74, 6) is 0. The first-order chi connectivity index (χ1) is 6.91. The Kier molecular flexibility index (Phi) is 7.30. The smallest absolute Gasteiger partial charge is 0.158 e. The second-order valence-corrected chi connectivity index (χ2v) is 3.81. The molecule has 0 amide bonds. The molecule has 0 N–H and O–H groups in total. The molecular formula is C12H22O3. The molecule has 0 saturated carbocycles. The van der Waals surface area contributed by atoms with Gasteiger partial charge >= 0.3 is 0 Å². The Hall–Kier alpha value is -0.640. The van der Waals surface area contributed by atoms with Crippen molar-refractivity contribution >= 4 is 0 Å². The molecule has 88 valence electrons. The lowest BCUT2D eigenvalue weighted by Gasteiger charge is -2.19. The average Bonchev–Trinajstić information content (AvgIpc) is 2.11. The molecule has 15 heavy (non-hydrogen) atoms. The number of ether oxygens (including phenoxy) is 3. The van der Waals surface area contributed by atoms with Gasteiger partial charge < -0.3 is 14.2 Å². The molecule has 3 nitrogen and oxygen atoms in total. The highest BCUT2D eigenvalue weighted by atomic mass is 16.8. The van der Waals surface area contributed by atoms with E-state index >= 15 is 0 Å². The normalized spacial score (nSPS) is 14.7. The van der Waals surface area contributed by atoms with Gasteiger partial charge in [0, 0.05) is 0 Å². The zero-order valence-corrected chi connectivity index (χ0v) is 10.2. The van der Waals surface area contributed by atoms with Crippen LogP contribution in [0.3, 0.4) is 0 Å². The molecular weight excluding hydrogens is 192 g/mol. The van der Waals surface area contributed by atoms with Crippen molar-refractivity contribution in [3.8, 4) is 0 Å². The van der Waals surface area contributed by atoms with Crippen LogP contribution in [0.1, 0.15) is 27.7 Å². The van der Waals surface area contributed by atoms with Crippen LogP contribution in [0.15, 0.2) is 24.3 Å². The third-order valence-corrected chi connectivity index (χ3v) is 1.51. The Morgan fingerprint density at radius 3 is 1.53 bits per heavy atom. The van der Waals surface area contributed by atoms with Crippen molar-refractivity contribution in [1.29, 1.82) is 0 Å². The first-order valence-electron chi connectivity index (χ1n) is 5.09. The quantitative estimate of drug-likeness (QED) is 0.459. The van der Waals surface area contributed by atoms with Gasteiger partial charge in [-0.15, -0.1) is 0 Å². The maximum atomic E-state index is 5.42. The summed E-state index contributed by atoms with van der Waals surface area (Å²) in [6.07, 6.45) is -0.580. The molecule has 0 aromatic carbocycles. The number of hydrogen-bond donors (Lipinski definition) is 0. The van der Waals surface area contributed by atoms with Crippen molar-refractivity contribution < 1.29 is 14.2 Å². The highest BCUT2D eigenvalue weighted by Gasteiger charge is 2.08. The molecule has 0 saturated heterocycles. The predicted octanol–water partition coefficient (Wildman–Crippen LogP) is 2.88. The van der Waals surface area contributed by atoms with Crippen LogP contribution < -0.4 is 0 Å². The van der Waals surface area contributed by atoms with Crippen molar-refractivity contribution in [2.24, 2.45) is 0 Å². The van der Waals surface area contributed by atoms with Crippen LogP contribution in [0.2, 0.25) is 0 Å². The van der Waals surface area contributed by atoms with Gasteiger partial charge in [-0.1, -0.05) is 24.3 Å². The van der Waals surface area contributed by atoms with Gasteiger partial charge in [0.1, 0.15) is 0 Å². The first-order valence-corrected chi connectivity index (χ1v) is 5.09. The zero-order valence-electron chi connectivity index (χ0n) is 10.2. The van der Waals surface area contributed by atoms with Crippen LogP contribution in [0.4, 0.5) is 0 Å². The van der Waals surface area contributed by atoms with Crippen molar-refractivity contribution in [2.45, 2.75) is 40.3 Å². The molecule has 0 spiro atoms. The third-order valence-electron chi connectivity index (χ3n) is 1.51. The fraction of sp³-hybridized carbons (Fsp3) is 0.667. The molecule has 0 bridgehead atoms. The summed E-state index contributed by atoms with van der Waals surface area (Å²) in [7, 11) is 0. The fourth-order valence-electron chi connectivity index (χ4n) is 0.868. The van der Waals surface area contributed by atoms with Crippen LogP contribution in [0.5, 0.6) is 0 Å². The van der Waals surface area contributed by atoms with Crippen LogP contribution in [-0.2, 0) is 14.2 Å². The van der Waals surface area contributed by atoms with Crippen LogP contribution in [0, 0.1) is 0 Å². The Bertz CT molecular complexity index is 189. The molecule has 2 unspecified atom stereocenters. The molecule has 0 aromatic heterocycles. The van der Waals surface area contributed by atoms with E-state index in [1.807, 2.05) is 27.7 Å². The highest BCUT2D eigenvalue weighted by Crippen LogP contribution is 2.04. The van der Waals surface area contributed by atoms with Crippen molar-refractivity contribution in [3.63, 3.8) is 0 Å². The maximum absolute atomic E-state index is 5.42. The molecule has 0 aromatic rings. The van der Waals surface area contributed by atoms with Crippen LogP contribution in [-0.4, -0.2) is 25.8 Å². The van der Waals surface area contributed by atoms with Crippen molar-refractivity contribution in [3.05, 3.63) is 24.3 Å². The second-order valence-electron chi connectivity index (χ2n) is 3.81. The second kappa shape index (κ2) is 7.63. The lowest BCUT2D eigenvalue weighted by atomic mass is 10.4. The monoisotopic (exact) mass is 214 g/mol. The van der Waals surface area contributed by atoms with E-state index in [2.05, 4.69) is 13.2 Å². The van der Waals surface area contributed by atoms with E-state index in [1.54, 1.807) is 0 Å². The Balaban J connectivity index is 3.61. The summed E-state index contributed by atoms with van der Waals surface area (Å²) in [5, 5.41) is 0. The molecule has 0 aliphatic rings. The topological polar surface area (TPSA) is 27.7 Å². The van der Waals surface area contributed by atoms with Gasteiger partial charge in [-0.2, -0.15) is 0 Å². The lowest BCUT2D eigenvalue weighted by molar-refractivity contribution is -0.225. The van der Waals surface area contributed by atoms with Crippen molar-refractivity contribution in [2.75, 3.05) is 13.2 Å². The van der Waals surface area contributed by atoms with Gasteiger partial charge in [-0.3, -0.25) is 0 Å². The molecule has 3 heteroatoms. The maximum Gasteiger partial charge on any atom is 0.158 e. The largest absolute Gasteiger partial charge is 0.349 e. The molecule has 0 aliphatic heterocycles. The summed E-state index contributed by atoms with van der Waals surface area (Å²) >= 11 is 0. The average molecular weight is 214 g/mol. The summed E-state index contributed by atoms with van der Waals surface area (Å²) in [6, 6.07) is 0. The van der Waals surface area contributed by atoms with Gasteiger partial charge in [-0.05, 0) is 27.7 Å². The highest BCUT2D eigenvalue weighted by molar-refractivity contribution is 4.88. The molecule has 2 atom stereocenters. The van der Waals surface area contributed by atoms with Gasteiger partial charge in [-0.25, -0.2) is 0 Å². The summed E-state index contributed by atoms with van der Waals surface area (Å²) < 4.78 is 16.1. The molecule has 0 radical (unpaired) electrons. The lowest BCUT2D eigenvalue weighted by Crippen LogP contribution is -2.23. The minimum absolute atomic E-state index is 0.290. The molecule has 0 fully saturated rings. The van der Waals surface area contributed by atoms with Gasteiger partial charge in [0.05, 0.1) is 13.2 Å². The Morgan fingerprint density at radius 2 is 1.27 bits per heavy atom. The Labute approximate surface area is 92.7 Å².